The van der Waals surface area contributed by atoms with Crippen LogP contribution in [0.2, 0.25) is 0 Å². The molecule has 2 aliphatic heterocycles. The Morgan fingerprint density at radius 3 is 2.13 bits per heavy atom. The van der Waals surface area contributed by atoms with Crippen molar-refractivity contribution in [2.45, 2.75) is 69.6 Å². The van der Waals surface area contributed by atoms with E-state index in [4.69, 9.17) is 0 Å². The second-order valence-corrected chi connectivity index (χ2v) is 5.87. The highest BCUT2D eigenvalue weighted by molar-refractivity contribution is 5.01. The monoisotopic (exact) mass is 208 g/mol. The fourth-order valence-electron chi connectivity index (χ4n) is 3.94. The molecule has 3 fully saturated rings. The lowest BCUT2D eigenvalue weighted by molar-refractivity contribution is 0.0692. The Morgan fingerprint density at radius 1 is 1.07 bits per heavy atom. The van der Waals surface area contributed by atoms with Crippen LogP contribution in [0.3, 0.4) is 0 Å². The summed E-state index contributed by atoms with van der Waals surface area (Å²) in [6, 6.07) is 3.47. The van der Waals surface area contributed by atoms with Gasteiger partial charge >= 0.3 is 0 Å². The van der Waals surface area contributed by atoms with Crippen LogP contribution < -0.4 is 5.32 Å². The Morgan fingerprint density at radius 2 is 1.67 bits per heavy atom. The molecule has 2 nitrogen and oxygen atoms in total. The molecule has 3 atom stereocenters. The van der Waals surface area contributed by atoms with E-state index >= 15 is 0 Å². The molecule has 1 aliphatic carbocycles. The van der Waals surface area contributed by atoms with E-state index in [1.165, 1.54) is 38.5 Å². The van der Waals surface area contributed by atoms with Crippen LogP contribution in [-0.4, -0.2) is 36.1 Å². The smallest absolute Gasteiger partial charge is 0.0116 e. The van der Waals surface area contributed by atoms with Crippen molar-refractivity contribution in [2.24, 2.45) is 5.92 Å². The van der Waals surface area contributed by atoms with Crippen LogP contribution in [0.1, 0.15) is 45.4 Å². The van der Waals surface area contributed by atoms with Gasteiger partial charge in [-0.3, -0.25) is 4.90 Å². The van der Waals surface area contributed by atoms with E-state index in [-0.39, 0.29) is 0 Å². The zero-order chi connectivity index (χ0) is 10.4. The lowest BCUT2D eigenvalue weighted by Gasteiger charge is -2.42. The highest BCUT2D eigenvalue weighted by Gasteiger charge is 2.45. The maximum atomic E-state index is 3.48. The van der Waals surface area contributed by atoms with Gasteiger partial charge in [0, 0.05) is 24.2 Å². The van der Waals surface area contributed by atoms with Gasteiger partial charge in [0.2, 0.25) is 0 Å². The first kappa shape index (κ1) is 10.1. The van der Waals surface area contributed by atoms with Crippen molar-refractivity contribution in [1.29, 1.82) is 0 Å². The number of nitrogens with zero attached hydrogens (tertiary/aromatic N) is 1. The molecular weight excluding hydrogens is 184 g/mol. The maximum absolute atomic E-state index is 3.48. The summed E-state index contributed by atoms with van der Waals surface area (Å²) in [6.07, 6.45) is 8.69. The predicted molar refractivity (Wildman–Crippen MR) is 62.9 cm³/mol. The van der Waals surface area contributed by atoms with E-state index in [1.54, 1.807) is 0 Å². The van der Waals surface area contributed by atoms with Crippen molar-refractivity contribution in [3.8, 4) is 0 Å². The van der Waals surface area contributed by atoms with Gasteiger partial charge in [-0.25, -0.2) is 0 Å². The van der Waals surface area contributed by atoms with E-state index in [0.717, 1.165) is 30.1 Å². The summed E-state index contributed by atoms with van der Waals surface area (Å²) in [5, 5.41) is 3.48. The molecule has 0 aromatic carbocycles. The number of hydrogen-bond donors (Lipinski definition) is 1. The Bertz CT molecular complexity index is 223. The summed E-state index contributed by atoms with van der Waals surface area (Å²) in [7, 11) is 2.13. The molecule has 1 N–H and O–H groups in total. The number of rotatable bonds is 3. The summed E-state index contributed by atoms with van der Waals surface area (Å²) in [4.78, 5) is 2.88. The van der Waals surface area contributed by atoms with Crippen molar-refractivity contribution in [2.75, 3.05) is 7.05 Å². The molecule has 0 aromatic heterocycles. The zero-order valence-corrected chi connectivity index (χ0v) is 10.1. The second kappa shape index (κ2) is 3.74. The average molecular weight is 208 g/mol. The Kier molecular flexibility index (Phi) is 2.52. The van der Waals surface area contributed by atoms with Gasteiger partial charge in [-0.05, 0) is 58.4 Å². The third-order valence-electron chi connectivity index (χ3n) is 4.97. The van der Waals surface area contributed by atoms with Crippen molar-refractivity contribution >= 4 is 0 Å². The molecule has 0 radical (unpaired) electrons. The van der Waals surface area contributed by atoms with Crippen molar-refractivity contribution in [3.63, 3.8) is 0 Å². The lowest BCUT2D eigenvalue weighted by atomic mass is 9.95. The largest absolute Gasteiger partial charge is 0.317 e. The Labute approximate surface area is 93.4 Å². The van der Waals surface area contributed by atoms with Crippen LogP contribution in [0.4, 0.5) is 0 Å². The van der Waals surface area contributed by atoms with Gasteiger partial charge in [-0.2, -0.15) is 0 Å². The van der Waals surface area contributed by atoms with Crippen LogP contribution in [0.25, 0.3) is 0 Å². The molecule has 2 bridgehead atoms. The van der Waals surface area contributed by atoms with E-state index in [9.17, 15) is 0 Å². The van der Waals surface area contributed by atoms with Crippen LogP contribution in [0, 0.1) is 5.92 Å². The first-order chi connectivity index (χ1) is 7.29. The molecular formula is C13H24N2. The van der Waals surface area contributed by atoms with Crippen LogP contribution in [-0.2, 0) is 0 Å². The molecule has 3 rings (SSSR count). The highest BCUT2D eigenvalue weighted by atomic mass is 15.3. The normalized spacial score (nSPS) is 43.2. The molecule has 0 aromatic rings. The van der Waals surface area contributed by atoms with Crippen LogP contribution in [0.5, 0.6) is 0 Å². The van der Waals surface area contributed by atoms with Gasteiger partial charge in [-0.1, -0.05) is 0 Å². The van der Waals surface area contributed by atoms with E-state index in [2.05, 4.69) is 24.2 Å². The number of fused-ring (bicyclic) bond motifs is 2. The fraction of sp³-hybridized carbons (Fsp3) is 1.00. The van der Waals surface area contributed by atoms with Gasteiger partial charge in [0.05, 0.1) is 0 Å². The van der Waals surface area contributed by atoms with E-state index in [1.807, 2.05) is 0 Å². The van der Waals surface area contributed by atoms with Crippen molar-refractivity contribution < 1.29 is 0 Å². The summed E-state index contributed by atoms with van der Waals surface area (Å²) in [5.41, 5.74) is 0. The topological polar surface area (TPSA) is 15.3 Å². The van der Waals surface area contributed by atoms with Crippen LogP contribution in [0.15, 0.2) is 0 Å². The molecule has 0 spiro atoms. The first-order valence-corrected chi connectivity index (χ1v) is 6.74. The maximum Gasteiger partial charge on any atom is 0.0116 e. The quantitative estimate of drug-likeness (QED) is 0.763. The van der Waals surface area contributed by atoms with Gasteiger partial charge in [-0.15, -0.1) is 0 Å². The van der Waals surface area contributed by atoms with Crippen LogP contribution >= 0.6 is 0 Å². The Hall–Kier alpha value is -0.0800. The minimum Gasteiger partial charge on any atom is -0.317 e. The molecule has 1 saturated carbocycles. The summed E-state index contributed by atoms with van der Waals surface area (Å²) >= 11 is 0. The molecule has 2 heteroatoms. The highest BCUT2D eigenvalue weighted by Crippen LogP contribution is 2.43. The molecule has 15 heavy (non-hydrogen) atoms. The summed E-state index contributed by atoms with van der Waals surface area (Å²) < 4.78 is 0. The van der Waals surface area contributed by atoms with Gasteiger partial charge in [0.1, 0.15) is 0 Å². The third kappa shape index (κ3) is 1.72. The standard InChI is InChI=1S/C13H24N2/c1-9(10-3-4-10)15-12-5-6-13(15)8-11(7-12)14-2/h9-14H,3-8H2,1-2H3. The van der Waals surface area contributed by atoms with Gasteiger partial charge < -0.3 is 5.32 Å². The summed E-state index contributed by atoms with van der Waals surface area (Å²) in [5.74, 6) is 1.04. The molecule has 3 unspecified atom stereocenters. The van der Waals surface area contributed by atoms with Crippen molar-refractivity contribution in [1.82, 2.24) is 10.2 Å². The number of piperidine rings is 1. The molecule has 2 saturated heterocycles. The zero-order valence-electron chi connectivity index (χ0n) is 10.1. The lowest BCUT2D eigenvalue weighted by Crippen LogP contribution is -2.52. The minimum atomic E-state index is 0.796. The van der Waals surface area contributed by atoms with E-state index in [0.29, 0.717) is 0 Å². The van der Waals surface area contributed by atoms with Crippen molar-refractivity contribution in [3.05, 3.63) is 0 Å². The van der Waals surface area contributed by atoms with Gasteiger partial charge in [0.15, 0.2) is 0 Å². The fourth-order valence-corrected chi connectivity index (χ4v) is 3.94. The average Bonchev–Trinajstić information content (AvgIpc) is 3.04. The minimum absolute atomic E-state index is 0.796. The SMILES string of the molecule is CNC1CC2CCC(C1)N2C(C)C1CC1. The van der Waals surface area contributed by atoms with E-state index < -0.39 is 0 Å². The Balaban J connectivity index is 1.70. The predicted octanol–water partition coefficient (Wildman–Crippen LogP) is 2.00. The molecule has 2 heterocycles. The van der Waals surface area contributed by atoms with Gasteiger partial charge in [0.25, 0.3) is 0 Å². The molecule has 0 amide bonds. The second-order valence-electron chi connectivity index (χ2n) is 5.87. The third-order valence-corrected chi connectivity index (χ3v) is 4.97. The summed E-state index contributed by atoms with van der Waals surface area (Å²) in [6.45, 7) is 2.47. The number of nitrogens with one attached hydrogen (secondary N) is 1. The number of hydrogen-bond acceptors (Lipinski definition) is 2. The molecule has 86 valence electrons. The molecule has 3 aliphatic rings. The first-order valence-electron chi connectivity index (χ1n) is 6.74.